The quantitative estimate of drug-likeness (QED) is 0.586. The maximum absolute atomic E-state index is 11.9. The zero-order valence-corrected chi connectivity index (χ0v) is 15.8. The van der Waals surface area contributed by atoms with Crippen LogP contribution in [0.4, 0.5) is 0 Å². The lowest BCUT2D eigenvalue weighted by Crippen LogP contribution is -2.48. The predicted molar refractivity (Wildman–Crippen MR) is 99.6 cm³/mol. The fourth-order valence-electron chi connectivity index (χ4n) is 4.48. The number of carbonyl (C=O) groups excluding carboxylic acids is 1. The summed E-state index contributed by atoms with van der Waals surface area (Å²) in [7, 11) is 3.54. The second kappa shape index (κ2) is 8.88. The number of ether oxygens (including phenoxy) is 1. The molecule has 2 saturated carbocycles. The molecule has 25 heavy (non-hydrogen) atoms. The predicted octanol–water partition coefficient (Wildman–Crippen LogP) is 1.76. The van der Waals surface area contributed by atoms with Crippen LogP contribution in [0.3, 0.4) is 0 Å². The molecule has 4 atom stereocenters. The Labute approximate surface area is 151 Å². The maximum Gasteiger partial charge on any atom is 0.243 e. The Morgan fingerprint density at radius 2 is 1.96 bits per heavy atom. The van der Waals surface area contributed by atoms with E-state index in [0.29, 0.717) is 6.04 Å². The summed E-state index contributed by atoms with van der Waals surface area (Å²) in [6.07, 6.45) is 10.5. The molecular weight excluding hydrogens is 316 g/mol. The fraction of sp³-hybridized carbons (Fsp3) is 0.895. The van der Waals surface area contributed by atoms with Crippen LogP contribution in [0.5, 0.6) is 0 Å². The van der Waals surface area contributed by atoms with Gasteiger partial charge in [0.05, 0.1) is 6.10 Å². The summed E-state index contributed by atoms with van der Waals surface area (Å²) in [6.45, 7) is 1.81. The van der Waals surface area contributed by atoms with E-state index in [1.54, 1.807) is 19.0 Å². The summed E-state index contributed by atoms with van der Waals surface area (Å²) in [5.41, 5.74) is 0. The third kappa shape index (κ3) is 5.33. The zero-order valence-electron chi connectivity index (χ0n) is 15.8. The molecule has 0 radical (unpaired) electrons. The standard InChI is InChI=1S/C19H34N4O2/c1-23(2)18(24)13-21-19(20-12-17-7-4-10-25-17)22-16-9-8-14-5-3-6-15(14)11-16/h14-17H,3-13H2,1-2H3,(H2,20,21,22). The number of carbonyl (C=O) groups is 1. The topological polar surface area (TPSA) is 66.0 Å². The molecule has 6 nitrogen and oxygen atoms in total. The van der Waals surface area contributed by atoms with Gasteiger partial charge in [-0.25, -0.2) is 4.99 Å². The normalized spacial score (nSPS) is 32.3. The van der Waals surface area contributed by atoms with Crippen molar-refractivity contribution >= 4 is 11.9 Å². The number of aliphatic imine (C=N–C) groups is 1. The second-order valence-corrected chi connectivity index (χ2v) is 8.07. The van der Waals surface area contributed by atoms with Crippen molar-refractivity contribution in [3.8, 4) is 0 Å². The van der Waals surface area contributed by atoms with Gasteiger partial charge in [-0.05, 0) is 43.9 Å². The lowest BCUT2D eigenvalue weighted by atomic mass is 9.79. The van der Waals surface area contributed by atoms with Crippen molar-refractivity contribution in [2.24, 2.45) is 16.8 Å². The Bertz CT molecular complexity index is 474. The van der Waals surface area contributed by atoms with Crippen LogP contribution < -0.4 is 10.6 Å². The fourth-order valence-corrected chi connectivity index (χ4v) is 4.48. The number of guanidine groups is 1. The Hall–Kier alpha value is -1.30. The van der Waals surface area contributed by atoms with Crippen molar-refractivity contribution in [3.05, 3.63) is 0 Å². The molecule has 3 rings (SSSR count). The van der Waals surface area contributed by atoms with E-state index in [4.69, 9.17) is 4.74 Å². The van der Waals surface area contributed by atoms with Gasteiger partial charge in [0.2, 0.25) is 5.91 Å². The largest absolute Gasteiger partial charge is 0.376 e. The smallest absolute Gasteiger partial charge is 0.243 e. The summed E-state index contributed by atoms with van der Waals surface area (Å²) in [6, 6.07) is 0.476. The van der Waals surface area contributed by atoms with Crippen molar-refractivity contribution in [2.75, 3.05) is 33.8 Å². The lowest BCUT2D eigenvalue weighted by molar-refractivity contribution is -0.127. The minimum absolute atomic E-state index is 0.0257. The van der Waals surface area contributed by atoms with Gasteiger partial charge in [-0.3, -0.25) is 4.79 Å². The highest BCUT2D eigenvalue weighted by molar-refractivity contribution is 5.84. The van der Waals surface area contributed by atoms with Crippen LogP contribution in [-0.4, -0.2) is 62.7 Å². The summed E-state index contributed by atoms with van der Waals surface area (Å²) >= 11 is 0. The van der Waals surface area contributed by atoms with Crippen LogP contribution in [0.2, 0.25) is 0 Å². The van der Waals surface area contributed by atoms with Gasteiger partial charge in [-0.15, -0.1) is 0 Å². The number of hydrogen-bond acceptors (Lipinski definition) is 3. The molecule has 0 bridgehead atoms. The van der Waals surface area contributed by atoms with Gasteiger partial charge < -0.3 is 20.3 Å². The van der Waals surface area contributed by atoms with E-state index in [0.717, 1.165) is 43.8 Å². The third-order valence-electron chi connectivity index (χ3n) is 6.02. The van der Waals surface area contributed by atoms with E-state index in [2.05, 4.69) is 15.6 Å². The van der Waals surface area contributed by atoms with Crippen LogP contribution >= 0.6 is 0 Å². The Balaban J connectivity index is 1.54. The molecule has 142 valence electrons. The van der Waals surface area contributed by atoms with Crippen LogP contribution in [0.1, 0.15) is 51.4 Å². The Morgan fingerprint density at radius 3 is 2.72 bits per heavy atom. The molecule has 4 unspecified atom stereocenters. The summed E-state index contributed by atoms with van der Waals surface area (Å²) < 4.78 is 5.69. The van der Waals surface area contributed by atoms with Gasteiger partial charge in [-0.1, -0.05) is 19.3 Å². The van der Waals surface area contributed by atoms with E-state index in [1.165, 1.54) is 38.5 Å². The highest BCUT2D eigenvalue weighted by Gasteiger charge is 2.34. The lowest BCUT2D eigenvalue weighted by Gasteiger charge is -2.33. The maximum atomic E-state index is 11.9. The van der Waals surface area contributed by atoms with Gasteiger partial charge >= 0.3 is 0 Å². The molecule has 3 aliphatic rings. The van der Waals surface area contributed by atoms with E-state index in [9.17, 15) is 4.79 Å². The summed E-state index contributed by atoms with van der Waals surface area (Å²) in [5, 5.41) is 7.01. The van der Waals surface area contributed by atoms with Crippen molar-refractivity contribution in [1.82, 2.24) is 15.5 Å². The molecule has 1 aliphatic heterocycles. The molecule has 6 heteroatoms. The van der Waals surface area contributed by atoms with Gasteiger partial charge in [0, 0.05) is 33.3 Å². The molecule has 0 aromatic carbocycles. The molecule has 0 aromatic heterocycles. The van der Waals surface area contributed by atoms with Gasteiger partial charge in [0.1, 0.15) is 6.54 Å². The van der Waals surface area contributed by atoms with E-state index >= 15 is 0 Å². The first kappa shape index (κ1) is 18.5. The van der Waals surface area contributed by atoms with Gasteiger partial charge in [-0.2, -0.15) is 0 Å². The van der Waals surface area contributed by atoms with Crippen molar-refractivity contribution in [3.63, 3.8) is 0 Å². The number of rotatable bonds is 5. The second-order valence-electron chi connectivity index (χ2n) is 8.07. The van der Waals surface area contributed by atoms with Crippen molar-refractivity contribution < 1.29 is 9.53 Å². The van der Waals surface area contributed by atoms with E-state index in [-0.39, 0.29) is 18.6 Å². The molecule has 1 saturated heterocycles. The summed E-state index contributed by atoms with van der Waals surface area (Å²) in [4.78, 5) is 18.0. The first-order chi connectivity index (χ1) is 12.1. The molecule has 2 aliphatic carbocycles. The number of likely N-dealkylation sites (N-methyl/N-ethyl adjacent to an activating group) is 1. The molecule has 1 heterocycles. The van der Waals surface area contributed by atoms with Crippen LogP contribution in [0.15, 0.2) is 4.99 Å². The molecule has 1 amide bonds. The first-order valence-electron chi connectivity index (χ1n) is 9.98. The number of nitrogens with one attached hydrogen (secondary N) is 2. The van der Waals surface area contributed by atoms with Crippen molar-refractivity contribution in [2.45, 2.75) is 63.5 Å². The van der Waals surface area contributed by atoms with E-state index < -0.39 is 0 Å². The van der Waals surface area contributed by atoms with Crippen LogP contribution in [0.25, 0.3) is 0 Å². The molecular formula is C19H34N4O2. The number of fused-ring (bicyclic) bond motifs is 1. The Kier molecular flexibility index (Phi) is 6.57. The average molecular weight is 351 g/mol. The number of amides is 1. The minimum atomic E-state index is 0.0257. The molecule has 3 fully saturated rings. The molecule has 0 spiro atoms. The highest BCUT2D eigenvalue weighted by Crippen LogP contribution is 2.41. The van der Waals surface area contributed by atoms with Gasteiger partial charge in [0.25, 0.3) is 0 Å². The number of hydrogen-bond donors (Lipinski definition) is 2. The van der Waals surface area contributed by atoms with E-state index in [1.807, 2.05) is 0 Å². The first-order valence-corrected chi connectivity index (χ1v) is 9.98. The minimum Gasteiger partial charge on any atom is -0.376 e. The number of nitrogens with zero attached hydrogens (tertiary/aromatic N) is 2. The van der Waals surface area contributed by atoms with Gasteiger partial charge in [0.15, 0.2) is 5.96 Å². The van der Waals surface area contributed by atoms with Crippen LogP contribution in [0, 0.1) is 11.8 Å². The van der Waals surface area contributed by atoms with Crippen molar-refractivity contribution in [1.29, 1.82) is 0 Å². The SMILES string of the molecule is CN(C)C(=O)CN=C(NCC1CCCO1)NC1CCC2CCCC2C1. The average Bonchev–Trinajstić information content (AvgIpc) is 3.27. The summed E-state index contributed by atoms with van der Waals surface area (Å²) in [5.74, 6) is 2.63. The molecule has 0 aromatic rings. The zero-order chi connectivity index (χ0) is 17.6. The monoisotopic (exact) mass is 350 g/mol. The Morgan fingerprint density at radius 1 is 1.12 bits per heavy atom. The third-order valence-corrected chi connectivity index (χ3v) is 6.02. The molecule has 2 N–H and O–H groups in total. The van der Waals surface area contributed by atoms with Crippen LogP contribution in [-0.2, 0) is 9.53 Å². The highest BCUT2D eigenvalue weighted by atomic mass is 16.5.